The largest absolute Gasteiger partial charge is 0.324 e. The van der Waals surface area contributed by atoms with Gasteiger partial charge in [0.1, 0.15) is 0 Å². The van der Waals surface area contributed by atoms with Crippen LogP contribution in [-0.4, -0.2) is 0 Å². The summed E-state index contributed by atoms with van der Waals surface area (Å²) in [6.45, 7) is 6.58. The van der Waals surface area contributed by atoms with Gasteiger partial charge in [0, 0.05) is 11.1 Å². The van der Waals surface area contributed by atoms with Gasteiger partial charge < -0.3 is 5.73 Å². The fourth-order valence-electron chi connectivity index (χ4n) is 1.51. The van der Waals surface area contributed by atoms with Gasteiger partial charge >= 0.3 is 0 Å². The van der Waals surface area contributed by atoms with Gasteiger partial charge in [0.25, 0.3) is 0 Å². The van der Waals surface area contributed by atoms with Crippen molar-refractivity contribution in [3.05, 3.63) is 34.9 Å². The summed E-state index contributed by atoms with van der Waals surface area (Å²) in [5.74, 6) is 0. The van der Waals surface area contributed by atoms with Crippen molar-refractivity contribution in [1.29, 1.82) is 0 Å². The molecular formula is C12H18ClN. The van der Waals surface area contributed by atoms with Crippen LogP contribution in [0.2, 0.25) is 5.02 Å². The highest BCUT2D eigenvalue weighted by Crippen LogP contribution is 2.28. The highest BCUT2D eigenvalue weighted by atomic mass is 35.5. The Bertz CT molecular complexity index is 301. The molecule has 0 saturated carbocycles. The molecule has 1 atom stereocenters. The van der Waals surface area contributed by atoms with Crippen LogP contribution in [0.5, 0.6) is 0 Å². The van der Waals surface area contributed by atoms with Gasteiger partial charge in [-0.3, -0.25) is 0 Å². The van der Waals surface area contributed by atoms with Crippen LogP contribution in [0.4, 0.5) is 0 Å². The van der Waals surface area contributed by atoms with Gasteiger partial charge in [-0.2, -0.15) is 0 Å². The van der Waals surface area contributed by atoms with E-state index in [0.717, 1.165) is 17.0 Å². The maximum atomic E-state index is 6.09. The predicted molar refractivity (Wildman–Crippen MR) is 62.5 cm³/mol. The summed E-state index contributed by atoms with van der Waals surface area (Å²) in [7, 11) is 0. The first-order chi connectivity index (χ1) is 6.38. The third-order valence-corrected chi connectivity index (χ3v) is 2.34. The molecule has 0 aliphatic carbocycles. The minimum absolute atomic E-state index is 0.0775. The molecule has 78 valence electrons. The van der Waals surface area contributed by atoms with Crippen LogP contribution < -0.4 is 5.73 Å². The zero-order valence-electron chi connectivity index (χ0n) is 9.05. The third-order valence-electron chi connectivity index (χ3n) is 2.11. The molecule has 0 heterocycles. The average Bonchev–Trinajstić information content (AvgIpc) is 2.01. The summed E-state index contributed by atoms with van der Waals surface area (Å²) in [6, 6.07) is 7.86. The van der Waals surface area contributed by atoms with Gasteiger partial charge in [-0.25, -0.2) is 0 Å². The van der Waals surface area contributed by atoms with Crippen LogP contribution >= 0.6 is 11.6 Å². The Hall–Kier alpha value is -0.530. The molecule has 1 aromatic rings. The van der Waals surface area contributed by atoms with E-state index >= 15 is 0 Å². The minimum atomic E-state index is 0.0775. The number of hydrogen-bond acceptors (Lipinski definition) is 1. The van der Waals surface area contributed by atoms with Crippen molar-refractivity contribution in [2.45, 2.75) is 33.2 Å². The van der Waals surface area contributed by atoms with Crippen LogP contribution in [0.25, 0.3) is 0 Å². The standard InChI is InChI=1S/C12H18ClN/c1-12(2,3)8-11(14)9-5-4-6-10(13)7-9/h4-7,11H,8,14H2,1-3H3/t11-/m0/s1. The van der Waals surface area contributed by atoms with Gasteiger partial charge in [-0.15, -0.1) is 0 Å². The maximum absolute atomic E-state index is 6.09. The lowest BCUT2D eigenvalue weighted by molar-refractivity contribution is 0.343. The molecule has 0 unspecified atom stereocenters. The Morgan fingerprint density at radius 1 is 1.36 bits per heavy atom. The van der Waals surface area contributed by atoms with Crippen LogP contribution in [0.1, 0.15) is 38.8 Å². The van der Waals surface area contributed by atoms with Crippen molar-refractivity contribution >= 4 is 11.6 Å². The van der Waals surface area contributed by atoms with Gasteiger partial charge in [-0.1, -0.05) is 44.5 Å². The first kappa shape index (κ1) is 11.5. The Kier molecular flexibility index (Phi) is 3.57. The first-order valence-corrected chi connectivity index (χ1v) is 5.27. The molecular weight excluding hydrogens is 194 g/mol. The van der Waals surface area contributed by atoms with Crippen molar-refractivity contribution in [1.82, 2.24) is 0 Å². The minimum Gasteiger partial charge on any atom is -0.324 e. The Morgan fingerprint density at radius 3 is 2.50 bits per heavy atom. The molecule has 0 aliphatic heterocycles. The number of hydrogen-bond donors (Lipinski definition) is 1. The fraction of sp³-hybridized carbons (Fsp3) is 0.500. The molecule has 0 bridgehead atoms. The summed E-state index contributed by atoms with van der Waals surface area (Å²) in [5.41, 5.74) is 7.46. The maximum Gasteiger partial charge on any atom is 0.0409 e. The summed E-state index contributed by atoms with van der Waals surface area (Å²) in [4.78, 5) is 0. The lowest BCUT2D eigenvalue weighted by Crippen LogP contribution is -2.18. The van der Waals surface area contributed by atoms with Gasteiger partial charge in [0.2, 0.25) is 0 Å². The predicted octanol–water partition coefficient (Wildman–Crippen LogP) is 3.78. The van der Waals surface area contributed by atoms with E-state index in [1.54, 1.807) is 0 Å². The molecule has 2 heteroatoms. The number of halogens is 1. The van der Waals surface area contributed by atoms with Gasteiger partial charge in [0.15, 0.2) is 0 Å². The lowest BCUT2D eigenvalue weighted by atomic mass is 9.86. The van der Waals surface area contributed by atoms with E-state index in [2.05, 4.69) is 20.8 Å². The van der Waals surface area contributed by atoms with Crippen LogP contribution in [0.15, 0.2) is 24.3 Å². The molecule has 2 N–H and O–H groups in total. The van der Waals surface area contributed by atoms with E-state index in [-0.39, 0.29) is 11.5 Å². The molecule has 1 rings (SSSR count). The van der Waals surface area contributed by atoms with E-state index in [1.165, 1.54) is 0 Å². The highest BCUT2D eigenvalue weighted by Gasteiger charge is 2.16. The smallest absolute Gasteiger partial charge is 0.0409 e. The van der Waals surface area contributed by atoms with Crippen molar-refractivity contribution in [3.63, 3.8) is 0 Å². The Labute approximate surface area is 91.3 Å². The van der Waals surface area contributed by atoms with Crippen LogP contribution in [-0.2, 0) is 0 Å². The van der Waals surface area contributed by atoms with E-state index in [4.69, 9.17) is 17.3 Å². The molecule has 0 radical (unpaired) electrons. The normalized spacial score (nSPS) is 14.1. The first-order valence-electron chi connectivity index (χ1n) is 4.89. The van der Waals surface area contributed by atoms with Crippen molar-refractivity contribution in [2.24, 2.45) is 11.1 Å². The van der Waals surface area contributed by atoms with Crippen molar-refractivity contribution in [3.8, 4) is 0 Å². The van der Waals surface area contributed by atoms with E-state index in [0.29, 0.717) is 0 Å². The zero-order chi connectivity index (χ0) is 10.8. The fourth-order valence-corrected chi connectivity index (χ4v) is 1.71. The molecule has 1 aromatic carbocycles. The molecule has 0 aromatic heterocycles. The molecule has 0 saturated heterocycles. The Morgan fingerprint density at radius 2 is 2.00 bits per heavy atom. The van der Waals surface area contributed by atoms with Gasteiger partial charge in [-0.05, 0) is 29.5 Å². The lowest BCUT2D eigenvalue weighted by Gasteiger charge is -2.23. The number of nitrogens with two attached hydrogens (primary N) is 1. The Balaban J connectivity index is 2.74. The van der Waals surface area contributed by atoms with Crippen molar-refractivity contribution in [2.75, 3.05) is 0 Å². The van der Waals surface area contributed by atoms with Crippen molar-refractivity contribution < 1.29 is 0 Å². The SMILES string of the molecule is CC(C)(C)C[C@H](N)c1cccc(Cl)c1. The van der Waals surface area contributed by atoms with Crippen LogP contribution in [0.3, 0.4) is 0 Å². The third kappa shape index (κ3) is 3.69. The van der Waals surface area contributed by atoms with E-state index in [9.17, 15) is 0 Å². The quantitative estimate of drug-likeness (QED) is 0.792. The van der Waals surface area contributed by atoms with E-state index < -0.39 is 0 Å². The molecule has 0 fully saturated rings. The molecule has 14 heavy (non-hydrogen) atoms. The molecule has 1 nitrogen and oxygen atoms in total. The second kappa shape index (κ2) is 4.33. The summed E-state index contributed by atoms with van der Waals surface area (Å²) < 4.78 is 0. The summed E-state index contributed by atoms with van der Waals surface area (Å²) in [6.07, 6.45) is 0.966. The second-order valence-corrected chi connectivity index (χ2v) is 5.36. The zero-order valence-corrected chi connectivity index (χ0v) is 9.81. The molecule has 0 amide bonds. The topological polar surface area (TPSA) is 26.0 Å². The molecule has 0 spiro atoms. The summed E-state index contributed by atoms with van der Waals surface area (Å²) >= 11 is 5.90. The monoisotopic (exact) mass is 211 g/mol. The average molecular weight is 212 g/mol. The highest BCUT2D eigenvalue weighted by molar-refractivity contribution is 6.30. The summed E-state index contributed by atoms with van der Waals surface area (Å²) in [5, 5.41) is 0.756. The number of rotatable bonds is 2. The number of benzene rings is 1. The van der Waals surface area contributed by atoms with Gasteiger partial charge in [0.05, 0.1) is 0 Å². The van der Waals surface area contributed by atoms with E-state index in [1.807, 2.05) is 24.3 Å². The second-order valence-electron chi connectivity index (χ2n) is 4.93. The van der Waals surface area contributed by atoms with Crippen LogP contribution in [0, 0.1) is 5.41 Å². The molecule has 0 aliphatic rings.